The van der Waals surface area contributed by atoms with Gasteiger partial charge in [0.25, 0.3) is 0 Å². The minimum Gasteiger partial charge on any atom is -0.496 e. The minimum absolute atomic E-state index is 0.478. The molecule has 74 valence electrons. The van der Waals surface area contributed by atoms with Crippen LogP contribution in [0.15, 0.2) is 23.2 Å². The van der Waals surface area contributed by atoms with Gasteiger partial charge in [-0.05, 0) is 11.6 Å². The second kappa shape index (κ2) is 3.44. The molecule has 0 spiro atoms. The fourth-order valence-corrected chi connectivity index (χ4v) is 1.87. The second-order valence-corrected chi connectivity index (χ2v) is 4.57. The molecule has 0 atom stereocenters. The number of nitrogens with zero attached hydrogens (tertiary/aromatic N) is 1. The van der Waals surface area contributed by atoms with Crippen molar-refractivity contribution in [1.29, 1.82) is 0 Å². The highest BCUT2D eigenvalue weighted by atomic mass is 35.5. The average molecular weight is 230 g/mol. The lowest BCUT2D eigenvalue weighted by atomic mass is 10.0. The molecule has 0 fully saturated rings. The van der Waals surface area contributed by atoms with E-state index in [4.69, 9.17) is 27.9 Å². The maximum absolute atomic E-state index is 5.94. The molecule has 0 aromatic heterocycles. The molecule has 2 nitrogen and oxygen atoms in total. The van der Waals surface area contributed by atoms with Crippen molar-refractivity contribution >= 4 is 29.4 Å². The number of hydrogen-bond acceptors (Lipinski definition) is 2. The van der Waals surface area contributed by atoms with Crippen LogP contribution in [0.5, 0.6) is 5.75 Å². The number of hydrogen-bond donors (Lipinski definition) is 0. The number of benzene rings is 1. The maximum atomic E-state index is 5.94. The number of aliphatic imine (C=N–C) groups is 1. The average Bonchev–Trinajstić information content (AvgIpc) is 2.15. The molecule has 0 saturated carbocycles. The molecule has 0 N–H and O–H groups in total. The van der Waals surface area contributed by atoms with Gasteiger partial charge in [0.2, 0.25) is 4.46 Å². The van der Waals surface area contributed by atoms with Crippen molar-refractivity contribution in [2.75, 3.05) is 7.11 Å². The molecular weight excluding hydrogens is 221 g/mol. The summed E-state index contributed by atoms with van der Waals surface area (Å²) in [5, 5.41) is 0. The molecular formula is C10H9Cl2NO. The second-order valence-electron chi connectivity index (χ2n) is 3.13. The Morgan fingerprint density at radius 3 is 2.93 bits per heavy atom. The van der Waals surface area contributed by atoms with E-state index in [0.29, 0.717) is 6.42 Å². The Hall–Kier alpha value is -0.730. The smallest absolute Gasteiger partial charge is 0.211 e. The van der Waals surface area contributed by atoms with Crippen LogP contribution in [0.2, 0.25) is 0 Å². The Morgan fingerprint density at radius 1 is 1.43 bits per heavy atom. The summed E-state index contributed by atoms with van der Waals surface area (Å²) in [5.74, 6) is 0.805. The summed E-state index contributed by atoms with van der Waals surface area (Å²) in [5.41, 5.74) is 2.02. The first kappa shape index (κ1) is 9.81. The maximum Gasteiger partial charge on any atom is 0.211 e. The first-order chi connectivity index (χ1) is 6.62. The molecule has 0 aliphatic carbocycles. The summed E-state index contributed by atoms with van der Waals surface area (Å²) < 4.78 is 4.17. The van der Waals surface area contributed by atoms with E-state index < -0.39 is 4.46 Å². The van der Waals surface area contributed by atoms with Gasteiger partial charge in [-0.25, -0.2) is 0 Å². The monoisotopic (exact) mass is 229 g/mol. The lowest BCUT2D eigenvalue weighted by molar-refractivity contribution is 0.408. The molecule has 0 saturated heterocycles. The Balaban J connectivity index is 2.51. The number of methoxy groups -OCH3 is 1. The summed E-state index contributed by atoms with van der Waals surface area (Å²) >= 11 is 11.9. The van der Waals surface area contributed by atoms with Gasteiger partial charge < -0.3 is 4.74 Å². The first-order valence-electron chi connectivity index (χ1n) is 4.21. The van der Waals surface area contributed by atoms with E-state index in [1.165, 1.54) is 0 Å². The predicted molar refractivity (Wildman–Crippen MR) is 58.7 cm³/mol. The number of halogens is 2. The third-order valence-corrected chi connectivity index (χ3v) is 2.63. The van der Waals surface area contributed by atoms with Crippen LogP contribution in [-0.4, -0.2) is 17.8 Å². The highest BCUT2D eigenvalue weighted by molar-refractivity contribution is 6.48. The van der Waals surface area contributed by atoms with Crippen LogP contribution in [0.4, 0.5) is 0 Å². The first-order valence-corrected chi connectivity index (χ1v) is 4.97. The van der Waals surface area contributed by atoms with Crippen LogP contribution in [-0.2, 0) is 6.42 Å². The van der Waals surface area contributed by atoms with Crippen molar-refractivity contribution in [1.82, 2.24) is 0 Å². The van der Waals surface area contributed by atoms with Crippen molar-refractivity contribution < 1.29 is 4.74 Å². The van der Waals surface area contributed by atoms with Crippen LogP contribution >= 0.6 is 23.2 Å². The van der Waals surface area contributed by atoms with Gasteiger partial charge in [-0.15, -0.1) is 0 Å². The van der Waals surface area contributed by atoms with Gasteiger partial charge in [0.05, 0.1) is 7.11 Å². The normalized spacial score (nSPS) is 17.6. The number of ether oxygens (including phenoxy) is 1. The Kier molecular flexibility index (Phi) is 2.41. The van der Waals surface area contributed by atoms with E-state index in [0.717, 1.165) is 16.9 Å². The highest BCUT2D eigenvalue weighted by Crippen LogP contribution is 2.35. The molecule has 1 aliphatic heterocycles. The number of fused-ring (bicyclic) bond motifs is 1. The fraction of sp³-hybridized carbons (Fsp3) is 0.300. The van der Waals surface area contributed by atoms with Crippen LogP contribution in [0.25, 0.3) is 0 Å². The van der Waals surface area contributed by atoms with Crippen LogP contribution in [0.1, 0.15) is 11.1 Å². The zero-order chi connectivity index (χ0) is 10.2. The molecule has 14 heavy (non-hydrogen) atoms. The minimum atomic E-state index is -1.05. The van der Waals surface area contributed by atoms with E-state index in [-0.39, 0.29) is 0 Å². The molecule has 1 aromatic carbocycles. The van der Waals surface area contributed by atoms with Crippen molar-refractivity contribution in [3.8, 4) is 5.75 Å². The molecule has 0 unspecified atom stereocenters. The quantitative estimate of drug-likeness (QED) is 0.537. The van der Waals surface area contributed by atoms with Crippen molar-refractivity contribution in [2.45, 2.75) is 10.9 Å². The summed E-state index contributed by atoms with van der Waals surface area (Å²) in [7, 11) is 1.63. The van der Waals surface area contributed by atoms with Gasteiger partial charge in [0.15, 0.2) is 0 Å². The van der Waals surface area contributed by atoms with Crippen molar-refractivity contribution in [3.63, 3.8) is 0 Å². The van der Waals surface area contributed by atoms with Crippen LogP contribution in [0.3, 0.4) is 0 Å². The molecule has 4 heteroatoms. The summed E-state index contributed by atoms with van der Waals surface area (Å²) in [4.78, 5) is 4.03. The van der Waals surface area contributed by atoms with Gasteiger partial charge in [0.1, 0.15) is 5.75 Å². The van der Waals surface area contributed by atoms with Gasteiger partial charge in [0, 0.05) is 18.2 Å². The Morgan fingerprint density at radius 2 is 2.21 bits per heavy atom. The molecule has 0 bridgehead atoms. The molecule has 1 aromatic rings. The number of rotatable bonds is 1. The summed E-state index contributed by atoms with van der Waals surface area (Å²) in [6.07, 6.45) is 2.16. The standard InChI is InChI=1S/C10H9Cl2NO/c1-14-9-4-2-3-7-6-13-10(11,12)5-8(7)9/h2-4,6H,5H2,1H3. The van der Waals surface area contributed by atoms with E-state index in [9.17, 15) is 0 Å². The third kappa shape index (κ3) is 1.72. The van der Waals surface area contributed by atoms with Gasteiger partial charge in [-0.1, -0.05) is 35.3 Å². The predicted octanol–water partition coefficient (Wildman–Crippen LogP) is 2.80. The van der Waals surface area contributed by atoms with Gasteiger partial charge in [-0.2, -0.15) is 0 Å². The highest BCUT2D eigenvalue weighted by Gasteiger charge is 2.28. The van der Waals surface area contributed by atoms with E-state index >= 15 is 0 Å². The topological polar surface area (TPSA) is 21.6 Å². The third-order valence-electron chi connectivity index (χ3n) is 2.17. The largest absolute Gasteiger partial charge is 0.496 e. The van der Waals surface area contributed by atoms with Crippen molar-refractivity contribution in [3.05, 3.63) is 29.3 Å². The SMILES string of the molecule is COc1cccc2c1CC(Cl)(Cl)N=C2. The van der Waals surface area contributed by atoms with E-state index in [2.05, 4.69) is 4.99 Å². The van der Waals surface area contributed by atoms with E-state index in [1.54, 1.807) is 13.3 Å². The summed E-state index contributed by atoms with van der Waals surface area (Å²) in [6.45, 7) is 0. The molecule has 2 rings (SSSR count). The zero-order valence-electron chi connectivity index (χ0n) is 7.63. The zero-order valence-corrected chi connectivity index (χ0v) is 9.14. The molecule has 0 amide bonds. The fourth-order valence-electron chi connectivity index (χ4n) is 1.51. The lowest BCUT2D eigenvalue weighted by Crippen LogP contribution is -2.19. The van der Waals surface area contributed by atoms with E-state index in [1.807, 2.05) is 18.2 Å². The molecule has 0 radical (unpaired) electrons. The van der Waals surface area contributed by atoms with Gasteiger partial charge >= 0.3 is 0 Å². The van der Waals surface area contributed by atoms with Crippen LogP contribution < -0.4 is 4.74 Å². The van der Waals surface area contributed by atoms with Gasteiger partial charge in [-0.3, -0.25) is 4.99 Å². The van der Waals surface area contributed by atoms with Crippen LogP contribution in [0, 0.1) is 0 Å². The summed E-state index contributed by atoms with van der Waals surface area (Å²) in [6, 6.07) is 5.77. The molecule has 1 aliphatic rings. The lowest BCUT2D eigenvalue weighted by Gasteiger charge is -2.22. The number of alkyl halides is 2. The Bertz CT molecular complexity index is 388. The Labute approximate surface area is 92.5 Å². The molecule has 1 heterocycles. The van der Waals surface area contributed by atoms with Crippen molar-refractivity contribution in [2.24, 2.45) is 4.99 Å².